The van der Waals surface area contributed by atoms with Gasteiger partial charge < -0.3 is 15.8 Å². The first-order chi connectivity index (χ1) is 10.9. The second kappa shape index (κ2) is 7.03. The van der Waals surface area contributed by atoms with Crippen LogP contribution < -0.4 is 15.8 Å². The molecule has 2 heterocycles. The Morgan fingerprint density at radius 1 is 1.42 bits per heavy atom. The fourth-order valence-corrected chi connectivity index (χ4v) is 3.94. The normalized spacial score (nSPS) is 18.0. The number of nitrogen functional groups attached to an aromatic ring is 1. The molecule has 3 N–H and O–H groups in total. The number of amides is 1. The van der Waals surface area contributed by atoms with Crippen LogP contribution in [-0.2, 0) is 6.42 Å². The van der Waals surface area contributed by atoms with Crippen LogP contribution >= 0.6 is 23.7 Å². The number of hydrogen-bond donors (Lipinski definition) is 2. The molecule has 1 unspecified atom stereocenters. The lowest BCUT2D eigenvalue weighted by atomic mass is 9.89. The molecular formula is C18H23ClN2O2S. The molecule has 0 saturated carbocycles. The molecule has 0 fully saturated rings. The maximum Gasteiger partial charge on any atom is 0.262 e. The average Bonchev–Trinajstić information content (AvgIpc) is 2.96. The largest absolute Gasteiger partial charge is 0.487 e. The molecule has 1 atom stereocenters. The van der Waals surface area contributed by atoms with Gasteiger partial charge >= 0.3 is 0 Å². The van der Waals surface area contributed by atoms with Gasteiger partial charge in [-0.05, 0) is 55.5 Å². The van der Waals surface area contributed by atoms with Gasteiger partial charge in [0.2, 0.25) is 0 Å². The molecule has 0 aliphatic carbocycles. The van der Waals surface area contributed by atoms with Gasteiger partial charge in [0.15, 0.2) is 0 Å². The number of aryl methyl sites for hydroxylation is 1. The van der Waals surface area contributed by atoms with Crippen LogP contribution in [-0.4, -0.2) is 11.5 Å². The standard InChI is InChI=1S/C18H22N2O2S.ClH/c1-4-11-7-8-23-16(11)17(21)20-14-10-18(2,3)22-15-6-5-12(19)9-13(14)15;/h5-9,14H,4,10,19H2,1-3H3,(H,20,21);1H. The molecule has 1 aliphatic rings. The van der Waals surface area contributed by atoms with Crippen LogP contribution in [0.3, 0.4) is 0 Å². The molecule has 1 aromatic heterocycles. The zero-order chi connectivity index (χ0) is 16.6. The highest BCUT2D eigenvalue weighted by molar-refractivity contribution is 7.12. The first kappa shape index (κ1) is 18.6. The fraction of sp³-hybridized carbons (Fsp3) is 0.389. The molecule has 1 aliphatic heterocycles. The van der Waals surface area contributed by atoms with Crippen molar-refractivity contribution in [3.8, 4) is 5.75 Å². The zero-order valence-electron chi connectivity index (χ0n) is 14.1. The van der Waals surface area contributed by atoms with Gasteiger partial charge in [-0.2, -0.15) is 0 Å². The first-order valence-corrected chi connectivity index (χ1v) is 8.73. The Hall–Kier alpha value is -1.72. The Morgan fingerprint density at radius 2 is 2.17 bits per heavy atom. The van der Waals surface area contributed by atoms with Crippen molar-refractivity contribution in [2.24, 2.45) is 0 Å². The fourth-order valence-electron chi connectivity index (χ4n) is 3.04. The second-order valence-corrected chi connectivity index (χ2v) is 7.43. The van der Waals surface area contributed by atoms with Crippen molar-refractivity contribution in [1.82, 2.24) is 5.32 Å². The van der Waals surface area contributed by atoms with E-state index in [4.69, 9.17) is 10.5 Å². The number of hydrogen-bond acceptors (Lipinski definition) is 4. The molecule has 4 nitrogen and oxygen atoms in total. The summed E-state index contributed by atoms with van der Waals surface area (Å²) in [6.07, 6.45) is 1.57. The number of carbonyl (C=O) groups excluding carboxylic acids is 1. The molecule has 24 heavy (non-hydrogen) atoms. The molecule has 0 saturated heterocycles. The molecule has 0 bridgehead atoms. The molecule has 6 heteroatoms. The van der Waals surface area contributed by atoms with Gasteiger partial charge in [-0.25, -0.2) is 0 Å². The van der Waals surface area contributed by atoms with Gasteiger partial charge in [0.1, 0.15) is 11.4 Å². The van der Waals surface area contributed by atoms with Gasteiger partial charge in [0.25, 0.3) is 5.91 Å². The van der Waals surface area contributed by atoms with Gasteiger partial charge in [-0.15, -0.1) is 23.7 Å². The van der Waals surface area contributed by atoms with Crippen molar-refractivity contribution in [3.05, 3.63) is 45.6 Å². The van der Waals surface area contributed by atoms with Crippen molar-refractivity contribution < 1.29 is 9.53 Å². The van der Waals surface area contributed by atoms with E-state index in [1.165, 1.54) is 11.3 Å². The third-order valence-electron chi connectivity index (χ3n) is 4.13. The Balaban J connectivity index is 0.00000208. The van der Waals surface area contributed by atoms with Crippen LogP contribution in [0.1, 0.15) is 54.0 Å². The van der Waals surface area contributed by atoms with Crippen LogP contribution in [0.2, 0.25) is 0 Å². The van der Waals surface area contributed by atoms with Gasteiger partial charge in [-0.1, -0.05) is 6.92 Å². The van der Waals surface area contributed by atoms with Crippen LogP contribution in [0.5, 0.6) is 5.75 Å². The minimum Gasteiger partial charge on any atom is -0.487 e. The molecule has 0 spiro atoms. The van der Waals surface area contributed by atoms with E-state index in [9.17, 15) is 4.79 Å². The molecule has 3 rings (SSSR count). The Morgan fingerprint density at radius 3 is 2.88 bits per heavy atom. The zero-order valence-corrected chi connectivity index (χ0v) is 15.7. The lowest BCUT2D eigenvalue weighted by Gasteiger charge is -2.38. The van der Waals surface area contributed by atoms with E-state index in [0.29, 0.717) is 12.1 Å². The van der Waals surface area contributed by atoms with Crippen molar-refractivity contribution >= 4 is 35.3 Å². The molecule has 0 radical (unpaired) electrons. The molecule has 1 aromatic carbocycles. The summed E-state index contributed by atoms with van der Waals surface area (Å²) in [5.41, 5.74) is 8.31. The number of nitrogens with two attached hydrogens (primary N) is 1. The number of ether oxygens (including phenoxy) is 1. The van der Waals surface area contributed by atoms with E-state index in [0.717, 1.165) is 28.2 Å². The predicted molar refractivity (Wildman–Crippen MR) is 101 cm³/mol. The smallest absolute Gasteiger partial charge is 0.262 e. The van der Waals surface area contributed by atoms with Gasteiger partial charge in [-0.3, -0.25) is 4.79 Å². The molecule has 130 valence electrons. The summed E-state index contributed by atoms with van der Waals surface area (Å²) in [5, 5.41) is 5.14. The minimum absolute atomic E-state index is 0. The van der Waals surface area contributed by atoms with Crippen molar-refractivity contribution in [1.29, 1.82) is 0 Å². The number of thiophene rings is 1. The van der Waals surface area contributed by atoms with Gasteiger partial charge in [0, 0.05) is 17.7 Å². The summed E-state index contributed by atoms with van der Waals surface area (Å²) in [7, 11) is 0. The highest BCUT2D eigenvalue weighted by Gasteiger charge is 2.35. The van der Waals surface area contributed by atoms with E-state index in [-0.39, 0.29) is 30.0 Å². The number of nitrogens with one attached hydrogen (secondary N) is 1. The highest BCUT2D eigenvalue weighted by Crippen LogP contribution is 2.40. The average molecular weight is 367 g/mol. The lowest BCUT2D eigenvalue weighted by molar-refractivity contribution is 0.0621. The van der Waals surface area contributed by atoms with E-state index in [1.54, 1.807) is 0 Å². The SMILES string of the molecule is CCc1ccsc1C(=O)NC1CC(C)(C)Oc2ccc(N)cc21.Cl. The maximum absolute atomic E-state index is 12.7. The summed E-state index contributed by atoms with van der Waals surface area (Å²) < 4.78 is 6.02. The number of fused-ring (bicyclic) bond motifs is 1. The summed E-state index contributed by atoms with van der Waals surface area (Å²) >= 11 is 1.49. The van der Waals surface area contributed by atoms with Crippen LogP contribution in [0, 0.1) is 0 Å². The third kappa shape index (κ3) is 3.68. The number of benzene rings is 1. The monoisotopic (exact) mass is 366 g/mol. The number of halogens is 1. The van der Waals surface area contributed by atoms with Gasteiger partial charge in [0.05, 0.1) is 10.9 Å². The maximum atomic E-state index is 12.7. The van der Waals surface area contributed by atoms with Crippen LogP contribution in [0.15, 0.2) is 29.6 Å². The molecule has 1 amide bonds. The summed E-state index contributed by atoms with van der Waals surface area (Å²) in [6.45, 7) is 6.13. The number of rotatable bonds is 3. The predicted octanol–water partition coefficient (Wildman–Crippen LogP) is 4.35. The first-order valence-electron chi connectivity index (χ1n) is 7.85. The van der Waals surface area contributed by atoms with E-state index < -0.39 is 0 Å². The van der Waals surface area contributed by atoms with Crippen molar-refractivity contribution in [2.45, 2.75) is 45.3 Å². The van der Waals surface area contributed by atoms with E-state index in [1.807, 2.05) is 43.5 Å². The third-order valence-corrected chi connectivity index (χ3v) is 5.09. The Bertz CT molecular complexity index is 742. The summed E-state index contributed by atoms with van der Waals surface area (Å²) in [5.74, 6) is 0.774. The topological polar surface area (TPSA) is 64.3 Å². The Kier molecular flexibility index (Phi) is 5.45. The van der Waals surface area contributed by atoms with Crippen LogP contribution in [0.25, 0.3) is 0 Å². The lowest BCUT2D eigenvalue weighted by Crippen LogP contribution is -2.41. The summed E-state index contributed by atoms with van der Waals surface area (Å²) in [4.78, 5) is 13.5. The van der Waals surface area contributed by atoms with Crippen molar-refractivity contribution in [3.63, 3.8) is 0 Å². The second-order valence-electron chi connectivity index (χ2n) is 6.52. The van der Waals surface area contributed by atoms with Crippen molar-refractivity contribution in [2.75, 3.05) is 5.73 Å². The molecule has 2 aromatic rings. The number of anilines is 1. The van der Waals surface area contributed by atoms with E-state index in [2.05, 4.69) is 12.2 Å². The molecular weight excluding hydrogens is 344 g/mol. The van der Waals surface area contributed by atoms with E-state index >= 15 is 0 Å². The minimum atomic E-state index is -0.329. The highest BCUT2D eigenvalue weighted by atomic mass is 35.5. The summed E-state index contributed by atoms with van der Waals surface area (Å²) in [6, 6.07) is 7.52. The van der Waals surface area contributed by atoms with Crippen LogP contribution in [0.4, 0.5) is 5.69 Å². The Labute approximate surface area is 152 Å². The number of carbonyl (C=O) groups is 1. The quantitative estimate of drug-likeness (QED) is 0.794.